The Hall–Kier alpha value is -2.17. The Labute approximate surface area is 122 Å². The van der Waals surface area contributed by atoms with Crippen LogP contribution in [0, 0.1) is 24.4 Å². The van der Waals surface area contributed by atoms with Crippen molar-refractivity contribution in [2.45, 2.75) is 13.5 Å². The zero-order valence-corrected chi connectivity index (χ0v) is 12.2. The summed E-state index contributed by atoms with van der Waals surface area (Å²) in [7, 11) is 3.90. The van der Waals surface area contributed by atoms with E-state index in [9.17, 15) is 13.2 Å². The molecule has 0 radical (unpaired) electrons. The lowest BCUT2D eigenvalue weighted by Gasteiger charge is -2.16. The summed E-state index contributed by atoms with van der Waals surface area (Å²) in [6.45, 7) is 2.16. The fourth-order valence-corrected chi connectivity index (χ4v) is 2.03. The average Bonchev–Trinajstić information content (AvgIpc) is 2.43. The predicted molar refractivity (Wildman–Crippen MR) is 79.1 cm³/mol. The van der Waals surface area contributed by atoms with E-state index in [2.05, 4.69) is 5.32 Å². The average molecular weight is 294 g/mol. The highest BCUT2D eigenvalue weighted by Crippen LogP contribution is 2.22. The molecule has 0 atom stereocenters. The maximum absolute atomic E-state index is 13.1. The van der Waals surface area contributed by atoms with E-state index >= 15 is 0 Å². The minimum Gasteiger partial charge on any atom is -0.381 e. The molecule has 21 heavy (non-hydrogen) atoms. The molecule has 0 bridgehead atoms. The van der Waals surface area contributed by atoms with Gasteiger partial charge in [0.05, 0.1) is 0 Å². The maximum Gasteiger partial charge on any atom is 0.194 e. The quantitative estimate of drug-likeness (QED) is 0.854. The second-order valence-corrected chi connectivity index (χ2v) is 5.12. The molecule has 112 valence electrons. The Morgan fingerprint density at radius 2 is 1.62 bits per heavy atom. The summed E-state index contributed by atoms with van der Waals surface area (Å²) < 4.78 is 39.2. The van der Waals surface area contributed by atoms with Crippen molar-refractivity contribution in [1.29, 1.82) is 0 Å². The van der Waals surface area contributed by atoms with Gasteiger partial charge in [0.1, 0.15) is 0 Å². The normalized spacial score (nSPS) is 10.6. The molecule has 0 unspecified atom stereocenters. The van der Waals surface area contributed by atoms with Crippen LogP contribution < -0.4 is 10.2 Å². The molecule has 0 aliphatic heterocycles. The van der Waals surface area contributed by atoms with Crippen molar-refractivity contribution in [1.82, 2.24) is 0 Å². The number of hydrogen-bond acceptors (Lipinski definition) is 2. The van der Waals surface area contributed by atoms with Gasteiger partial charge in [0.25, 0.3) is 0 Å². The molecule has 0 aliphatic carbocycles. The summed E-state index contributed by atoms with van der Waals surface area (Å²) in [5, 5.41) is 3.09. The van der Waals surface area contributed by atoms with Crippen LogP contribution in [-0.2, 0) is 6.54 Å². The number of aryl methyl sites for hydroxylation is 1. The van der Waals surface area contributed by atoms with Gasteiger partial charge < -0.3 is 10.2 Å². The topological polar surface area (TPSA) is 15.3 Å². The number of nitrogens with one attached hydrogen (secondary N) is 1. The first-order valence-corrected chi connectivity index (χ1v) is 6.53. The van der Waals surface area contributed by atoms with Gasteiger partial charge >= 0.3 is 0 Å². The van der Waals surface area contributed by atoms with Gasteiger partial charge in [0, 0.05) is 32.0 Å². The monoisotopic (exact) mass is 294 g/mol. The van der Waals surface area contributed by atoms with E-state index in [-0.39, 0.29) is 6.54 Å². The van der Waals surface area contributed by atoms with Gasteiger partial charge in [-0.1, -0.05) is 0 Å². The van der Waals surface area contributed by atoms with Crippen LogP contribution in [0.5, 0.6) is 0 Å². The van der Waals surface area contributed by atoms with E-state index in [1.54, 1.807) is 0 Å². The number of halogens is 3. The Balaban J connectivity index is 2.13. The van der Waals surface area contributed by atoms with Crippen LogP contribution in [0.25, 0.3) is 0 Å². The van der Waals surface area contributed by atoms with Crippen molar-refractivity contribution in [2.24, 2.45) is 0 Å². The summed E-state index contributed by atoms with van der Waals surface area (Å²) in [5.41, 5.74) is 3.30. The van der Waals surface area contributed by atoms with Crippen LogP contribution in [0.15, 0.2) is 30.3 Å². The zero-order valence-electron chi connectivity index (χ0n) is 12.2. The second kappa shape index (κ2) is 6.08. The molecular formula is C16H17F3N2. The third-order valence-corrected chi connectivity index (χ3v) is 3.25. The summed E-state index contributed by atoms with van der Waals surface area (Å²) >= 11 is 0. The molecule has 0 heterocycles. The van der Waals surface area contributed by atoms with Crippen molar-refractivity contribution >= 4 is 11.4 Å². The Bertz CT molecular complexity index is 631. The summed E-state index contributed by atoms with van der Waals surface area (Å²) in [6.07, 6.45) is 0. The Morgan fingerprint density at radius 3 is 2.14 bits per heavy atom. The molecule has 0 spiro atoms. The molecule has 0 aliphatic rings. The van der Waals surface area contributed by atoms with E-state index in [0.717, 1.165) is 29.1 Å². The van der Waals surface area contributed by atoms with Crippen LogP contribution in [0.4, 0.5) is 24.5 Å². The molecule has 0 saturated heterocycles. The molecule has 0 aromatic heterocycles. The minimum atomic E-state index is -1.44. The molecule has 0 saturated carbocycles. The van der Waals surface area contributed by atoms with Crippen molar-refractivity contribution in [2.75, 3.05) is 24.3 Å². The number of rotatable bonds is 4. The molecule has 2 aromatic carbocycles. The van der Waals surface area contributed by atoms with Gasteiger partial charge in [-0.2, -0.15) is 0 Å². The third kappa shape index (κ3) is 3.48. The third-order valence-electron chi connectivity index (χ3n) is 3.25. The largest absolute Gasteiger partial charge is 0.381 e. The van der Waals surface area contributed by atoms with Crippen LogP contribution in [-0.4, -0.2) is 14.1 Å². The summed E-state index contributed by atoms with van der Waals surface area (Å²) in [5.74, 6) is -3.79. The second-order valence-electron chi connectivity index (χ2n) is 5.12. The summed E-state index contributed by atoms with van der Waals surface area (Å²) in [4.78, 5) is 1.99. The van der Waals surface area contributed by atoms with E-state index in [0.29, 0.717) is 5.56 Å². The molecular weight excluding hydrogens is 277 g/mol. The van der Waals surface area contributed by atoms with Crippen molar-refractivity contribution in [3.8, 4) is 0 Å². The molecule has 0 amide bonds. The fraction of sp³-hybridized carbons (Fsp3) is 0.250. The van der Waals surface area contributed by atoms with Crippen LogP contribution in [0.3, 0.4) is 0 Å². The van der Waals surface area contributed by atoms with Gasteiger partial charge in [-0.3, -0.25) is 0 Å². The minimum absolute atomic E-state index is 0.219. The molecule has 2 aromatic rings. The maximum atomic E-state index is 13.1. The number of hydrogen-bond donors (Lipinski definition) is 1. The zero-order chi connectivity index (χ0) is 15.6. The molecule has 2 rings (SSSR count). The highest BCUT2D eigenvalue weighted by molar-refractivity contribution is 5.59. The van der Waals surface area contributed by atoms with Crippen molar-refractivity contribution in [3.63, 3.8) is 0 Å². The van der Waals surface area contributed by atoms with Gasteiger partial charge in [-0.15, -0.1) is 0 Å². The lowest BCUT2D eigenvalue weighted by atomic mass is 10.1. The van der Waals surface area contributed by atoms with Gasteiger partial charge in [-0.25, -0.2) is 13.2 Å². The van der Waals surface area contributed by atoms with Gasteiger partial charge in [-0.05, 0) is 48.4 Å². The van der Waals surface area contributed by atoms with Gasteiger partial charge in [0.2, 0.25) is 0 Å². The number of anilines is 2. The molecule has 1 N–H and O–H groups in total. The van der Waals surface area contributed by atoms with E-state index in [4.69, 9.17) is 0 Å². The summed E-state index contributed by atoms with van der Waals surface area (Å²) in [6, 6.07) is 7.85. The standard InChI is InChI=1S/C16H17F3N2/c1-10-6-12(21(2)3)4-5-15(10)20-9-11-7-13(17)16(19)14(18)8-11/h4-8,20H,9H2,1-3H3. The lowest BCUT2D eigenvalue weighted by Crippen LogP contribution is -2.09. The molecule has 0 fully saturated rings. The first-order valence-electron chi connectivity index (χ1n) is 6.53. The Morgan fingerprint density at radius 1 is 1.00 bits per heavy atom. The molecule has 5 heteroatoms. The fourth-order valence-electron chi connectivity index (χ4n) is 2.03. The van der Waals surface area contributed by atoms with Crippen LogP contribution in [0.1, 0.15) is 11.1 Å². The lowest BCUT2D eigenvalue weighted by molar-refractivity contribution is 0.445. The SMILES string of the molecule is Cc1cc(N(C)C)ccc1NCc1cc(F)c(F)c(F)c1. The number of benzene rings is 2. The van der Waals surface area contributed by atoms with Crippen molar-refractivity contribution in [3.05, 3.63) is 58.9 Å². The highest BCUT2D eigenvalue weighted by Gasteiger charge is 2.10. The smallest absolute Gasteiger partial charge is 0.194 e. The van der Waals surface area contributed by atoms with E-state index in [1.165, 1.54) is 0 Å². The first kappa shape index (κ1) is 15.2. The van der Waals surface area contributed by atoms with Crippen LogP contribution >= 0.6 is 0 Å². The van der Waals surface area contributed by atoms with Gasteiger partial charge in [0.15, 0.2) is 17.5 Å². The number of nitrogens with zero attached hydrogens (tertiary/aromatic N) is 1. The first-order chi connectivity index (χ1) is 9.88. The predicted octanol–water partition coefficient (Wildman–Crippen LogP) is 4.09. The van der Waals surface area contributed by atoms with Crippen molar-refractivity contribution < 1.29 is 13.2 Å². The molecule has 2 nitrogen and oxygen atoms in total. The Kier molecular flexibility index (Phi) is 4.40. The van der Waals surface area contributed by atoms with E-state index < -0.39 is 17.5 Å². The van der Waals surface area contributed by atoms with Crippen LogP contribution in [0.2, 0.25) is 0 Å². The van der Waals surface area contributed by atoms with E-state index in [1.807, 2.05) is 44.1 Å². The highest BCUT2D eigenvalue weighted by atomic mass is 19.2.